The van der Waals surface area contributed by atoms with E-state index in [1.807, 2.05) is 97.1 Å². The molecule has 260 valence electrons. The lowest BCUT2D eigenvalue weighted by Gasteiger charge is -2.10. The Bertz CT molecular complexity index is 3490. The highest BCUT2D eigenvalue weighted by atomic mass is 15.0. The Labute approximate surface area is 337 Å². The molecule has 4 nitrogen and oxygen atoms in total. The minimum Gasteiger partial charge on any atom is -0.309 e. The van der Waals surface area contributed by atoms with Gasteiger partial charge in [0, 0.05) is 33.8 Å². The van der Waals surface area contributed by atoms with Gasteiger partial charge in [0.05, 0.1) is 27.5 Å². The van der Waals surface area contributed by atoms with Crippen molar-refractivity contribution in [1.82, 2.24) is 4.57 Å². The molecule has 0 aliphatic carbocycles. The van der Waals surface area contributed by atoms with Gasteiger partial charge in [0.2, 0.25) is 0 Å². The summed E-state index contributed by atoms with van der Waals surface area (Å²) in [6.07, 6.45) is 1.71. The van der Waals surface area contributed by atoms with E-state index >= 15 is 0 Å². The summed E-state index contributed by atoms with van der Waals surface area (Å²) >= 11 is 0. The molecule has 0 saturated heterocycles. The Morgan fingerprint density at radius 3 is 1.73 bits per heavy atom. The second-order valence-corrected chi connectivity index (χ2v) is 12.6. The van der Waals surface area contributed by atoms with Crippen LogP contribution in [0.15, 0.2) is 216 Å². The number of hydrogen-bond donors (Lipinski definition) is 1. The fourth-order valence-electron chi connectivity index (χ4n) is 6.34. The Kier molecular flexibility index (Phi) is 6.12. The van der Waals surface area contributed by atoms with Crippen LogP contribution in [0.3, 0.4) is 0 Å². The van der Waals surface area contributed by atoms with Crippen LogP contribution < -0.4 is 0 Å². The molecule has 0 bridgehead atoms. The number of para-hydroxylation sites is 2. The van der Waals surface area contributed by atoms with Crippen LogP contribution in [-0.2, 0) is 0 Å². The van der Waals surface area contributed by atoms with Crippen LogP contribution in [0.25, 0.3) is 60.9 Å². The third-order valence-electron chi connectivity index (χ3n) is 9.14. The Hall–Kier alpha value is -7.43. The van der Waals surface area contributed by atoms with Gasteiger partial charge >= 0.3 is 0 Å². The minimum atomic E-state index is -0.696. The van der Waals surface area contributed by atoms with Crippen molar-refractivity contribution in [2.75, 3.05) is 0 Å². The van der Waals surface area contributed by atoms with Crippen LogP contribution in [0, 0.1) is 5.41 Å². The molecule has 0 amide bonds. The first-order valence-electron chi connectivity index (χ1n) is 23.4. The van der Waals surface area contributed by atoms with Gasteiger partial charge in [-0.1, -0.05) is 182 Å². The summed E-state index contributed by atoms with van der Waals surface area (Å²) < 4.78 is 106. The molecule has 8 aromatic carbocycles. The van der Waals surface area contributed by atoms with Crippen molar-refractivity contribution in [3.05, 3.63) is 223 Å². The summed E-state index contributed by atoms with van der Waals surface area (Å²) in [7, 11) is 0. The fourth-order valence-corrected chi connectivity index (χ4v) is 6.34. The molecular weight excluding hydrogens is 669 g/mol. The van der Waals surface area contributed by atoms with Crippen molar-refractivity contribution in [2.24, 2.45) is 9.98 Å². The summed E-state index contributed by atoms with van der Waals surface area (Å²) in [6.45, 7) is 0. The highest BCUT2D eigenvalue weighted by Crippen LogP contribution is 2.35. The second-order valence-electron chi connectivity index (χ2n) is 12.6. The number of fused-ring (bicyclic) bond motifs is 3. The highest BCUT2D eigenvalue weighted by Gasteiger charge is 2.13. The van der Waals surface area contributed by atoms with Gasteiger partial charge in [0.15, 0.2) is 11.7 Å². The number of rotatable bonds is 7. The minimum absolute atomic E-state index is 0.0274. The van der Waals surface area contributed by atoms with Crippen LogP contribution in [0.4, 0.5) is 0 Å². The predicted molar refractivity (Wildman–Crippen MR) is 231 cm³/mol. The molecule has 9 rings (SSSR count). The standard InChI is InChI=1S/C51H36N4/c52-50(42-14-6-2-7-15-42)54-51(53-35-36-20-22-38(23-21-36)37-12-4-1-5-13-37)43-30-28-40(29-31-43)39-24-26-41(27-25-39)44-32-33-47-46-18-10-11-19-48(46)55(49(47)34-44)45-16-8-3-9-17-45/h1-35,52H/i3D,8D,9D,10D,11D,16D,17D,18D,19D,32D,33D,34D. The maximum absolute atomic E-state index is 9.56. The normalized spacial score (nSPS) is 14.8. The first-order valence-corrected chi connectivity index (χ1v) is 17.4. The maximum Gasteiger partial charge on any atom is 0.161 e. The summed E-state index contributed by atoms with van der Waals surface area (Å²) in [4.78, 5) is 9.38. The van der Waals surface area contributed by atoms with E-state index in [9.17, 15) is 2.74 Å². The zero-order valence-corrected chi connectivity index (χ0v) is 29.1. The molecule has 55 heavy (non-hydrogen) atoms. The van der Waals surface area contributed by atoms with Gasteiger partial charge in [0.1, 0.15) is 0 Å². The van der Waals surface area contributed by atoms with Crippen molar-refractivity contribution >= 4 is 39.7 Å². The van der Waals surface area contributed by atoms with Gasteiger partial charge < -0.3 is 4.57 Å². The largest absolute Gasteiger partial charge is 0.309 e. The van der Waals surface area contributed by atoms with Crippen LogP contribution in [0.1, 0.15) is 33.1 Å². The molecule has 4 heteroatoms. The molecule has 9 aromatic rings. The maximum atomic E-state index is 9.56. The van der Waals surface area contributed by atoms with E-state index in [0.717, 1.165) is 32.4 Å². The summed E-state index contributed by atoms with van der Waals surface area (Å²) in [6, 6.07) is 34.5. The molecule has 1 heterocycles. The van der Waals surface area contributed by atoms with Gasteiger partial charge in [-0.3, -0.25) is 5.41 Å². The molecule has 0 saturated carbocycles. The predicted octanol–water partition coefficient (Wildman–Crippen LogP) is 12.7. The molecule has 0 unspecified atom stereocenters. The number of benzene rings is 8. The summed E-state index contributed by atoms with van der Waals surface area (Å²) in [5.74, 6) is 0.365. The Morgan fingerprint density at radius 1 is 0.491 bits per heavy atom. The Morgan fingerprint density at radius 2 is 1.04 bits per heavy atom. The molecular formula is C51H36N4. The molecule has 0 atom stereocenters. The first-order chi connectivity index (χ1) is 32.2. The van der Waals surface area contributed by atoms with E-state index in [0.29, 0.717) is 22.5 Å². The molecule has 0 aliphatic rings. The molecule has 0 fully saturated rings. The van der Waals surface area contributed by atoms with Crippen molar-refractivity contribution in [3.63, 3.8) is 0 Å². The van der Waals surface area contributed by atoms with Crippen molar-refractivity contribution < 1.29 is 16.4 Å². The average molecular weight is 717 g/mol. The Balaban J connectivity index is 1.11. The van der Waals surface area contributed by atoms with E-state index in [1.54, 1.807) is 42.6 Å². The van der Waals surface area contributed by atoms with Crippen molar-refractivity contribution in [3.8, 4) is 39.1 Å². The zero-order chi connectivity index (χ0) is 47.4. The van der Waals surface area contributed by atoms with Gasteiger partial charge in [0.25, 0.3) is 0 Å². The summed E-state index contributed by atoms with van der Waals surface area (Å²) in [5.41, 5.74) is 5.23. The topological polar surface area (TPSA) is 53.5 Å². The number of amidine groups is 2. The quantitative estimate of drug-likeness (QED) is 0.126. The monoisotopic (exact) mass is 716 g/mol. The van der Waals surface area contributed by atoms with E-state index in [1.165, 1.54) is 0 Å². The van der Waals surface area contributed by atoms with E-state index in [-0.39, 0.29) is 39.2 Å². The smallest absolute Gasteiger partial charge is 0.161 e. The van der Waals surface area contributed by atoms with E-state index < -0.39 is 72.2 Å². The molecule has 0 radical (unpaired) electrons. The third kappa shape index (κ3) is 6.93. The van der Waals surface area contributed by atoms with Gasteiger partial charge in [-0.15, -0.1) is 0 Å². The number of nitrogens with zero attached hydrogens (tertiary/aromatic N) is 3. The van der Waals surface area contributed by atoms with Gasteiger partial charge in [-0.2, -0.15) is 0 Å². The molecule has 0 spiro atoms. The number of hydrogen-bond acceptors (Lipinski definition) is 1. The average Bonchev–Trinajstić information content (AvgIpc) is 3.71. The van der Waals surface area contributed by atoms with E-state index in [4.69, 9.17) is 24.1 Å². The van der Waals surface area contributed by atoms with Crippen LogP contribution in [-0.4, -0.2) is 22.5 Å². The molecule has 0 aliphatic heterocycles. The summed E-state index contributed by atoms with van der Waals surface area (Å²) in [5, 5.41) is 8.37. The van der Waals surface area contributed by atoms with Crippen molar-refractivity contribution in [1.29, 1.82) is 5.41 Å². The highest BCUT2D eigenvalue weighted by molar-refractivity contribution is 6.13. The van der Waals surface area contributed by atoms with Gasteiger partial charge in [-0.25, -0.2) is 9.98 Å². The van der Waals surface area contributed by atoms with E-state index in [2.05, 4.69) is 4.99 Å². The fraction of sp³-hybridized carbons (Fsp3) is 0. The SMILES string of the molecule is [2H]c1c([2H])c([2H])c(-n2c3c([2H])c([2H])c([2H])c([2H])c3c3c([2H])c([2H])c(-c4ccc(-c5ccc(C(N=Cc6ccc(-c7ccccc7)cc6)=NC(=N)c6ccccc6)cc5)cc4)c([2H])c32)c([2H])c1[2H]. The zero-order valence-electron chi connectivity index (χ0n) is 41.1. The molecule has 1 N–H and O–H groups in total. The number of aliphatic imine (C=N–C) groups is 2. The first kappa shape index (κ1) is 22.6. The van der Waals surface area contributed by atoms with Crippen LogP contribution in [0.5, 0.6) is 0 Å². The number of aromatic nitrogens is 1. The number of nitrogens with one attached hydrogen (secondary N) is 1. The van der Waals surface area contributed by atoms with Gasteiger partial charge in [-0.05, 0) is 63.1 Å². The van der Waals surface area contributed by atoms with Crippen molar-refractivity contribution in [2.45, 2.75) is 0 Å². The van der Waals surface area contributed by atoms with Crippen LogP contribution >= 0.6 is 0 Å². The lowest BCUT2D eigenvalue weighted by molar-refractivity contribution is 1.18. The van der Waals surface area contributed by atoms with Crippen LogP contribution in [0.2, 0.25) is 0 Å². The lowest BCUT2D eigenvalue weighted by atomic mass is 9.98. The molecule has 1 aromatic heterocycles. The third-order valence-corrected chi connectivity index (χ3v) is 9.14. The lowest BCUT2D eigenvalue weighted by Crippen LogP contribution is -2.04. The second kappa shape index (κ2) is 14.9.